The van der Waals surface area contributed by atoms with Gasteiger partial charge in [0.2, 0.25) is 0 Å². The van der Waals surface area contributed by atoms with Crippen LogP contribution in [0.5, 0.6) is 5.75 Å². The number of methoxy groups -OCH3 is 1. The Morgan fingerprint density at radius 2 is 2.04 bits per heavy atom. The van der Waals surface area contributed by atoms with Crippen LogP contribution in [0.1, 0.15) is 10.4 Å². The number of rotatable bonds is 4. The Labute approximate surface area is 148 Å². The lowest BCUT2D eigenvalue weighted by atomic mass is 10.2. The molecule has 9 heteroatoms. The van der Waals surface area contributed by atoms with E-state index < -0.39 is 4.92 Å². The number of hydrogen-bond donors (Lipinski definition) is 1. The van der Waals surface area contributed by atoms with Crippen LogP contribution in [-0.2, 0) is 0 Å². The van der Waals surface area contributed by atoms with Gasteiger partial charge in [0.15, 0.2) is 10.9 Å². The Bertz CT molecular complexity index is 940. The summed E-state index contributed by atoms with van der Waals surface area (Å²) in [4.78, 5) is 27.0. The number of nitro benzene ring substituents is 1. The van der Waals surface area contributed by atoms with Gasteiger partial charge in [-0.25, -0.2) is 4.98 Å². The lowest BCUT2D eigenvalue weighted by molar-refractivity contribution is -0.384. The number of hydrogen-bond acceptors (Lipinski definition) is 6. The van der Waals surface area contributed by atoms with Gasteiger partial charge in [0.25, 0.3) is 11.6 Å². The van der Waals surface area contributed by atoms with E-state index in [1.54, 1.807) is 24.3 Å². The molecular weight excluding hydrogens is 398 g/mol. The quantitative estimate of drug-likeness (QED) is 0.515. The van der Waals surface area contributed by atoms with Gasteiger partial charge in [-0.15, -0.1) is 0 Å². The number of benzene rings is 2. The molecule has 1 aromatic heterocycles. The minimum Gasteiger partial charge on any atom is -0.494 e. The van der Waals surface area contributed by atoms with Crippen molar-refractivity contribution in [2.24, 2.45) is 0 Å². The molecule has 0 atom stereocenters. The van der Waals surface area contributed by atoms with Crippen molar-refractivity contribution in [3.8, 4) is 5.75 Å². The molecule has 0 saturated heterocycles. The van der Waals surface area contributed by atoms with E-state index in [4.69, 9.17) is 4.74 Å². The maximum Gasteiger partial charge on any atom is 0.274 e. The molecule has 122 valence electrons. The van der Waals surface area contributed by atoms with E-state index in [9.17, 15) is 14.9 Å². The summed E-state index contributed by atoms with van der Waals surface area (Å²) in [7, 11) is 1.41. The maximum atomic E-state index is 12.2. The fourth-order valence-corrected chi connectivity index (χ4v) is 3.25. The number of halogens is 1. The lowest BCUT2D eigenvalue weighted by Gasteiger charge is -2.01. The largest absolute Gasteiger partial charge is 0.494 e. The predicted molar refractivity (Wildman–Crippen MR) is 94.9 cm³/mol. The van der Waals surface area contributed by atoms with Crippen molar-refractivity contribution in [3.63, 3.8) is 0 Å². The summed E-state index contributed by atoms with van der Waals surface area (Å²) in [6.07, 6.45) is 0. The fraction of sp³-hybridized carbons (Fsp3) is 0.0667. The highest BCUT2D eigenvalue weighted by atomic mass is 79.9. The van der Waals surface area contributed by atoms with Crippen LogP contribution < -0.4 is 10.1 Å². The number of nitrogens with zero attached hydrogens (tertiary/aromatic N) is 2. The lowest BCUT2D eigenvalue weighted by Crippen LogP contribution is -2.11. The van der Waals surface area contributed by atoms with Gasteiger partial charge in [0.05, 0.1) is 22.8 Å². The van der Waals surface area contributed by atoms with E-state index in [0.29, 0.717) is 26.7 Å². The molecule has 1 amide bonds. The van der Waals surface area contributed by atoms with Gasteiger partial charge in [0, 0.05) is 16.1 Å². The van der Waals surface area contributed by atoms with E-state index in [-0.39, 0.29) is 11.6 Å². The van der Waals surface area contributed by atoms with Crippen molar-refractivity contribution >= 4 is 54.2 Å². The summed E-state index contributed by atoms with van der Waals surface area (Å²) in [6.45, 7) is 0. The first-order valence-electron chi connectivity index (χ1n) is 6.68. The number of non-ortho nitro benzene ring substituents is 1. The topological polar surface area (TPSA) is 94.4 Å². The highest BCUT2D eigenvalue weighted by Crippen LogP contribution is 2.36. The standard InChI is InChI=1S/C15H10BrN3O4S/c1-23-11-6-10(19(21)22)7-12-13(11)17-15(24-12)18-14(20)8-2-4-9(16)5-3-8/h2-7H,1H3,(H,17,18,20). The van der Waals surface area contributed by atoms with E-state index >= 15 is 0 Å². The van der Waals surface area contributed by atoms with Crippen LogP contribution in [0, 0.1) is 10.1 Å². The van der Waals surface area contributed by atoms with Gasteiger partial charge in [0.1, 0.15) is 5.52 Å². The van der Waals surface area contributed by atoms with Gasteiger partial charge >= 0.3 is 0 Å². The Morgan fingerprint density at radius 3 is 2.67 bits per heavy atom. The van der Waals surface area contributed by atoms with Crippen LogP contribution in [0.2, 0.25) is 0 Å². The van der Waals surface area contributed by atoms with Crippen molar-refractivity contribution in [2.45, 2.75) is 0 Å². The zero-order chi connectivity index (χ0) is 17.3. The molecule has 3 aromatic rings. The number of anilines is 1. The third-order valence-electron chi connectivity index (χ3n) is 3.20. The summed E-state index contributed by atoms with van der Waals surface area (Å²) in [5.74, 6) is -0.0189. The first kappa shape index (κ1) is 16.3. The van der Waals surface area contributed by atoms with Gasteiger partial charge in [-0.05, 0) is 24.3 Å². The fourth-order valence-electron chi connectivity index (χ4n) is 2.07. The second kappa shape index (κ2) is 6.54. The molecule has 0 aliphatic heterocycles. The Morgan fingerprint density at radius 1 is 1.33 bits per heavy atom. The normalized spacial score (nSPS) is 10.6. The molecule has 0 fully saturated rings. The highest BCUT2D eigenvalue weighted by Gasteiger charge is 2.17. The average Bonchev–Trinajstić information content (AvgIpc) is 2.96. The number of carbonyl (C=O) groups is 1. The molecule has 7 nitrogen and oxygen atoms in total. The zero-order valence-corrected chi connectivity index (χ0v) is 14.7. The van der Waals surface area contributed by atoms with Crippen LogP contribution >= 0.6 is 27.3 Å². The second-order valence-electron chi connectivity index (χ2n) is 4.73. The molecule has 0 spiro atoms. The van der Waals surface area contributed by atoms with Crippen molar-refractivity contribution in [2.75, 3.05) is 12.4 Å². The van der Waals surface area contributed by atoms with Crippen molar-refractivity contribution in [3.05, 3.63) is 56.5 Å². The van der Waals surface area contributed by atoms with E-state index in [1.165, 1.54) is 19.2 Å². The number of nitro groups is 1. The van der Waals surface area contributed by atoms with Crippen LogP contribution in [0.4, 0.5) is 10.8 Å². The van der Waals surface area contributed by atoms with Crippen LogP contribution in [-0.4, -0.2) is 22.9 Å². The van der Waals surface area contributed by atoms with E-state index in [0.717, 1.165) is 15.8 Å². The number of carbonyl (C=O) groups excluding carboxylic acids is 1. The second-order valence-corrected chi connectivity index (χ2v) is 6.68. The number of aromatic nitrogens is 1. The molecule has 0 aliphatic carbocycles. The summed E-state index contributed by atoms with van der Waals surface area (Å²) < 4.78 is 6.59. The summed E-state index contributed by atoms with van der Waals surface area (Å²) in [5, 5.41) is 14.0. The van der Waals surface area contributed by atoms with Crippen LogP contribution in [0.25, 0.3) is 10.2 Å². The van der Waals surface area contributed by atoms with E-state index in [1.807, 2.05) is 0 Å². The van der Waals surface area contributed by atoms with Crippen LogP contribution in [0.3, 0.4) is 0 Å². The molecule has 3 rings (SSSR count). The molecular formula is C15H10BrN3O4S. The van der Waals surface area contributed by atoms with Gasteiger partial charge in [-0.2, -0.15) is 0 Å². The number of amides is 1. The first-order chi connectivity index (χ1) is 11.5. The Balaban J connectivity index is 1.94. The molecule has 1 heterocycles. The van der Waals surface area contributed by atoms with Crippen LogP contribution in [0.15, 0.2) is 40.9 Å². The molecule has 2 aromatic carbocycles. The summed E-state index contributed by atoms with van der Waals surface area (Å²) >= 11 is 4.46. The number of nitrogens with one attached hydrogen (secondary N) is 1. The smallest absolute Gasteiger partial charge is 0.274 e. The van der Waals surface area contributed by atoms with Crippen molar-refractivity contribution in [1.82, 2.24) is 4.98 Å². The first-order valence-corrected chi connectivity index (χ1v) is 8.29. The third kappa shape index (κ3) is 3.22. The SMILES string of the molecule is COc1cc([N+](=O)[O-])cc2sc(NC(=O)c3ccc(Br)cc3)nc12. The van der Waals surface area contributed by atoms with Crippen molar-refractivity contribution in [1.29, 1.82) is 0 Å². The molecule has 0 radical (unpaired) electrons. The Kier molecular flexibility index (Phi) is 4.45. The van der Waals surface area contributed by atoms with Crippen molar-refractivity contribution < 1.29 is 14.5 Å². The summed E-state index contributed by atoms with van der Waals surface area (Å²) in [5.41, 5.74) is 0.864. The van der Waals surface area contributed by atoms with Gasteiger partial charge in [-0.3, -0.25) is 20.2 Å². The molecule has 0 bridgehead atoms. The number of ether oxygens (including phenoxy) is 1. The van der Waals surface area contributed by atoms with E-state index in [2.05, 4.69) is 26.2 Å². The molecule has 0 saturated carbocycles. The minimum atomic E-state index is -0.498. The van der Waals surface area contributed by atoms with Gasteiger partial charge in [-0.1, -0.05) is 27.3 Å². The Hall–Kier alpha value is -2.52. The third-order valence-corrected chi connectivity index (χ3v) is 4.65. The molecule has 0 unspecified atom stereocenters. The minimum absolute atomic E-state index is 0.0891. The van der Waals surface area contributed by atoms with Gasteiger partial charge < -0.3 is 4.74 Å². The molecule has 24 heavy (non-hydrogen) atoms. The molecule has 0 aliphatic rings. The average molecular weight is 408 g/mol. The predicted octanol–water partition coefficient (Wildman–Crippen LogP) is 4.23. The zero-order valence-electron chi connectivity index (χ0n) is 12.3. The monoisotopic (exact) mass is 407 g/mol. The number of fused-ring (bicyclic) bond motifs is 1. The highest BCUT2D eigenvalue weighted by molar-refractivity contribution is 9.10. The molecule has 1 N–H and O–H groups in total. The number of thiazole rings is 1. The summed E-state index contributed by atoms with van der Waals surface area (Å²) in [6, 6.07) is 9.60. The maximum absolute atomic E-state index is 12.2.